The lowest BCUT2D eigenvalue weighted by molar-refractivity contribution is 0.441. The molecule has 2 N–H and O–H groups in total. The first-order valence-corrected chi connectivity index (χ1v) is 7.33. The molecule has 4 nitrogen and oxygen atoms in total. The quantitative estimate of drug-likeness (QED) is 0.543. The van der Waals surface area contributed by atoms with Crippen LogP contribution in [0.5, 0.6) is 5.88 Å². The first-order valence-electron chi connectivity index (χ1n) is 6.54. The van der Waals surface area contributed by atoms with Crippen LogP contribution in [0.1, 0.15) is 5.69 Å². The molecular weight excluding hydrogens is 318 g/mol. The molecule has 2 aromatic carbocycles. The highest BCUT2D eigenvalue weighted by Gasteiger charge is 2.11. The maximum Gasteiger partial charge on any atom is 0.224 e. The average Bonchev–Trinajstić information content (AvgIpc) is 2.82. The van der Waals surface area contributed by atoms with Gasteiger partial charge in [-0.25, -0.2) is 0 Å². The Balaban J connectivity index is 1.99. The van der Waals surface area contributed by atoms with Gasteiger partial charge in [-0.2, -0.15) is 0 Å². The van der Waals surface area contributed by atoms with Crippen molar-refractivity contribution in [3.05, 3.63) is 70.1 Å². The summed E-state index contributed by atoms with van der Waals surface area (Å²) in [5.74, 6) is 0.00648. The summed E-state index contributed by atoms with van der Waals surface area (Å²) in [6.07, 6.45) is 1.55. The molecule has 1 aromatic heterocycles. The van der Waals surface area contributed by atoms with Gasteiger partial charge >= 0.3 is 0 Å². The fourth-order valence-corrected chi connectivity index (χ4v) is 2.44. The Bertz CT molecular complexity index is 867. The van der Waals surface area contributed by atoms with Gasteiger partial charge in [0.15, 0.2) is 4.77 Å². The van der Waals surface area contributed by atoms with Crippen molar-refractivity contribution < 1.29 is 5.11 Å². The lowest BCUT2D eigenvalue weighted by atomic mass is 10.3. The molecule has 0 radical (unpaired) electrons. The summed E-state index contributed by atoms with van der Waals surface area (Å²) in [7, 11) is 0. The number of rotatable bonds is 3. The zero-order valence-corrected chi connectivity index (χ0v) is 13.0. The first kappa shape index (κ1) is 14.6. The summed E-state index contributed by atoms with van der Waals surface area (Å²) in [6.45, 7) is 0. The molecule has 0 aliphatic rings. The SMILES string of the molecule is Oc1c(C=Nc2ccccc2)[nH]c(=S)n1-c1ccc(Cl)cc1. The lowest BCUT2D eigenvalue weighted by Crippen LogP contribution is -1.93. The average molecular weight is 330 g/mol. The van der Waals surface area contributed by atoms with Crippen LogP contribution < -0.4 is 0 Å². The summed E-state index contributed by atoms with van der Waals surface area (Å²) in [5, 5.41) is 11.0. The summed E-state index contributed by atoms with van der Waals surface area (Å²) in [6, 6.07) is 16.5. The number of aromatic nitrogens is 2. The molecule has 0 saturated carbocycles. The summed E-state index contributed by atoms with van der Waals surface area (Å²) >= 11 is 11.1. The molecule has 0 spiro atoms. The van der Waals surface area contributed by atoms with Crippen molar-refractivity contribution in [1.82, 2.24) is 9.55 Å². The van der Waals surface area contributed by atoms with Crippen LogP contribution in [0, 0.1) is 4.77 Å². The van der Waals surface area contributed by atoms with Crippen LogP contribution in [0.4, 0.5) is 5.69 Å². The minimum absolute atomic E-state index is 0.00648. The van der Waals surface area contributed by atoms with Gasteiger partial charge in [-0.05, 0) is 48.6 Å². The summed E-state index contributed by atoms with van der Waals surface area (Å²) in [4.78, 5) is 7.24. The lowest BCUT2D eigenvalue weighted by Gasteiger charge is -2.03. The Kier molecular flexibility index (Phi) is 4.09. The van der Waals surface area contributed by atoms with Crippen LogP contribution in [0.2, 0.25) is 5.02 Å². The third-order valence-electron chi connectivity index (χ3n) is 3.08. The predicted molar refractivity (Wildman–Crippen MR) is 91.3 cm³/mol. The van der Waals surface area contributed by atoms with Crippen molar-refractivity contribution in [3.8, 4) is 11.6 Å². The molecule has 0 aliphatic heterocycles. The number of aromatic hydroxyl groups is 1. The predicted octanol–water partition coefficient (Wildman–Crippen LogP) is 4.64. The van der Waals surface area contributed by atoms with Crippen LogP contribution >= 0.6 is 23.8 Å². The van der Waals surface area contributed by atoms with E-state index in [0.717, 1.165) is 11.4 Å². The van der Waals surface area contributed by atoms with E-state index in [1.165, 1.54) is 4.57 Å². The molecule has 3 rings (SSSR count). The number of halogens is 1. The van der Waals surface area contributed by atoms with E-state index in [1.807, 2.05) is 30.3 Å². The summed E-state index contributed by atoms with van der Waals surface area (Å²) < 4.78 is 1.91. The second kappa shape index (κ2) is 6.17. The maximum atomic E-state index is 10.4. The first-order chi connectivity index (χ1) is 10.6. The Morgan fingerprint density at radius 2 is 1.77 bits per heavy atom. The van der Waals surface area contributed by atoms with Crippen molar-refractivity contribution >= 4 is 35.7 Å². The molecular formula is C16H12ClN3OS. The number of H-pyrrole nitrogens is 1. The molecule has 0 amide bonds. The van der Waals surface area contributed by atoms with E-state index in [-0.39, 0.29) is 5.88 Å². The van der Waals surface area contributed by atoms with E-state index in [2.05, 4.69) is 9.98 Å². The molecule has 0 fully saturated rings. The fraction of sp³-hybridized carbons (Fsp3) is 0. The second-order valence-electron chi connectivity index (χ2n) is 4.57. The molecule has 1 heterocycles. The fourth-order valence-electron chi connectivity index (χ4n) is 2.02. The molecule has 0 unspecified atom stereocenters. The van der Waals surface area contributed by atoms with Gasteiger partial charge < -0.3 is 10.1 Å². The number of imidazole rings is 1. The number of benzene rings is 2. The van der Waals surface area contributed by atoms with Crippen molar-refractivity contribution in [2.75, 3.05) is 0 Å². The van der Waals surface area contributed by atoms with E-state index in [1.54, 1.807) is 30.5 Å². The van der Waals surface area contributed by atoms with Gasteiger partial charge in [0.2, 0.25) is 5.88 Å². The Labute approximate surface area is 137 Å². The summed E-state index contributed by atoms with van der Waals surface area (Å²) in [5.41, 5.74) is 1.96. The van der Waals surface area contributed by atoms with E-state index >= 15 is 0 Å². The van der Waals surface area contributed by atoms with E-state index in [9.17, 15) is 5.11 Å². The van der Waals surface area contributed by atoms with Crippen LogP contribution in [0.25, 0.3) is 5.69 Å². The van der Waals surface area contributed by atoms with Gasteiger partial charge in [0.05, 0.1) is 17.6 Å². The highest BCUT2D eigenvalue weighted by Crippen LogP contribution is 2.23. The molecule has 0 bridgehead atoms. The minimum Gasteiger partial charge on any atom is -0.493 e. The highest BCUT2D eigenvalue weighted by molar-refractivity contribution is 7.71. The number of aliphatic imine (C=N–C) groups is 1. The molecule has 0 saturated heterocycles. The van der Waals surface area contributed by atoms with Crippen molar-refractivity contribution in [1.29, 1.82) is 0 Å². The molecule has 22 heavy (non-hydrogen) atoms. The second-order valence-corrected chi connectivity index (χ2v) is 5.40. The molecule has 6 heteroatoms. The number of hydrogen-bond donors (Lipinski definition) is 2. The smallest absolute Gasteiger partial charge is 0.224 e. The third kappa shape index (κ3) is 2.95. The number of nitrogens with zero attached hydrogens (tertiary/aromatic N) is 2. The van der Waals surface area contributed by atoms with Gasteiger partial charge in [0.1, 0.15) is 5.69 Å². The van der Waals surface area contributed by atoms with E-state index < -0.39 is 0 Å². The zero-order chi connectivity index (χ0) is 15.5. The van der Waals surface area contributed by atoms with E-state index in [4.69, 9.17) is 23.8 Å². The Morgan fingerprint density at radius 3 is 2.45 bits per heavy atom. The van der Waals surface area contributed by atoms with Crippen molar-refractivity contribution in [3.63, 3.8) is 0 Å². The van der Waals surface area contributed by atoms with Gasteiger partial charge in [-0.1, -0.05) is 29.8 Å². The standard InChI is InChI=1S/C16H12ClN3OS/c17-11-6-8-13(9-7-11)20-15(21)14(19-16(20)22)10-18-12-4-2-1-3-5-12/h1-10,21H,(H,19,22). The number of nitrogens with one attached hydrogen (secondary N) is 1. The molecule has 0 atom stereocenters. The normalized spacial score (nSPS) is 11.1. The number of aromatic amines is 1. The van der Waals surface area contributed by atoms with Gasteiger partial charge in [-0.3, -0.25) is 9.56 Å². The van der Waals surface area contributed by atoms with Crippen LogP contribution in [0.15, 0.2) is 59.6 Å². The number of hydrogen-bond acceptors (Lipinski definition) is 3. The van der Waals surface area contributed by atoms with Crippen molar-refractivity contribution in [2.24, 2.45) is 4.99 Å². The van der Waals surface area contributed by atoms with Crippen LogP contribution in [0.3, 0.4) is 0 Å². The zero-order valence-electron chi connectivity index (χ0n) is 11.4. The molecule has 110 valence electrons. The maximum absolute atomic E-state index is 10.4. The highest BCUT2D eigenvalue weighted by atomic mass is 35.5. The Morgan fingerprint density at radius 1 is 1.09 bits per heavy atom. The monoisotopic (exact) mass is 329 g/mol. The molecule has 0 aliphatic carbocycles. The largest absolute Gasteiger partial charge is 0.493 e. The Hall–Kier alpha value is -2.37. The molecule has 3 aromatic rings. The minimum atomic E-state index is 0.00648. The van der Waals surface area contributed by atoms with Gasteiger partial charge in [-0.15, -0.1) is 0 Å². The van der Waals surface area contributed by atoms with Gasteiger partial charge in [0.25, 0.3) is 0 Å². The number of para-hydroxylation sites is 1. The van der Waals surface area contributed by atoms with Crippen LogP contribution in [-0.4, -0.2) is 20.9 Å². The van der Waals surface area contributed by atoms with Crippen LogP contribution in [-0.2, 0) is 0 Å². The topological polar surface area (TPSA) is 53.3 Å². The van der Waals surface area contributed by atoms with Gasteiger partial charge in [0, 0.05) is 5.02 Å². The van der Waals surface area contributed by atoms with E-state index in [0.29, 0.717) is 15.5 Å². The van der Waals surface area contributed by atoms with Crippen molar-refractivity contribution in [2.45, 2.75) is 0 Å². The third-order valence-corrected chi connectivity index (χ3v) is 3.62.